The Balaban J connectivity index is 1.70. The van der Waals surface area contributed by atoms with E-state index in [1.165, 1.54) is 4.88 Å². The second kappa shape index (κ2) is 7.77. The van der Waals surface area contributed by atoms with Gasteiger partial charge >= 0.3 is 6.01 Å². The van der Waals surface area contributed by atoms with Gasteiger partial charge in [-0.2, -0.15) is 9.97 Å². The van der Waals surface area contributed by atoms with Crippen LogP contribution in [0.5, 0.6) is 6.01 Å². The number of fused-ring (bicyclic) bond motifs is 2. The fraction of sp³-hybridized carbons (Fsp3) is 0.556. The Morgan fingerprint density at radius 2 is 2.15 bits per heavy atom. The van der Waals surface area contributed by atoms with E-state index in [9.17, 15) is 0 Å². The molecule has 0 radical (unpaired) electrons. The molecule has 3 aromatic heterocycles. The highest BCUT2D eigenvalue weighted by atomic mass is 32.1. The SMILES string of the molecule is CCCc1cc2c(N3CCn4c(C)nnc4C3)nc(OCCCO)nc2s1. The molecule has 0 aliphatic carbocycles. The maximum atomic E-state index is 8.99. The average Bonchev–Trinajstić information content (AvgIpc) is 3.24. The van der Waals surface area contributed by atoms with Crippen molar-refractivity contribution >= 4 is 27.4 Å². The summed E-state index contributed by atoms with van der Waals surface area (Å²) in [5, 5.41) is 18.6. The van der Waals surface area contributed by atoms with Gasteiger partial charge in [-0.15, -0.1) is 21.5 Å². The molecule has 8 nitrogen and oxygen atoms in total. The molecule has 0 aromatic carbocycles. The third-order valence-electron chi connectivity index (χ3n) is 4.67. The summed E-state index contributed by atoms with van der Waals surface area (Å²) < 4.78 is 7.85. The Labute approximate surface area is 161 Å². The fourth-order valence-corrected chi connectivity index (χ4v) is 4.44. The topological polar surface area (TPSA) is 89.2 Å². The number of nitrogens with zero attached hydrogens (tertiary/aromatic N) is 6. The summed E-state index contributed by atoms with van der Waals surface area (Å²) >= 11 is 1.70. The van der Waals surface area contributed by atoms with Crippen molar-refractivity contribution in [1.29, 1.82) is 0 Å². The summed E-state index contributed by atoms with van der Waals surface area (Å²) in [6.07, 6.45) is 2.70. The third kappa shape index (κ3) is 3.61. The van der Waals surface area contributed by atoms with Gasteiger partial charge in [-0.25, -0.2) is 0 Å². The second-order valence-electron chi connectivity index (χ2n) is 6.67. The number of anilines is 1. The number of aromatic nitrogens is 5. The first-order valence-electron chi connectivity index (χ1n) is 9.37. The molecule has 0 saturated heterocycles. The summed E-state index contributed by atoms with van der Waals surface area (Å²) in [6, 6.07) is 2.58. The van der Waals surface area contributed by atoms with Crippen molar-refractivity contribution in [1.82, 2.24) is 24.7 Å². The number of hydrogen-bond donors (Lipinski definition) is 1. The zero-order chi connectivity index (χ0) is 18.8. The number of ether oxygens (including phenoxy) is 1. The van der Waals surface area contributed by atoms with Crippen LogP contribution in [0.4, 0.5) is 5.82 Å². The van der Waals surface area contributed by atoms with Crippen LogP contribution in [0, 0.1) is 6.92 Å². The van der Waals surface area contributed by atoms with Crippen molar-refractivity contribution < 1.29 is 9.84 Å². The highest BCUT2D eigenvalue weighted by molar-refractivity contribution is 7.18. The fourth-order valence-electron chi connectivity index (χ4n) is 3.32. The quantitative estimate of drug-likeness (QED) is 0.621. The Morgan fingerprint density at radius 1 is 1.26 bits per heavy atom. The van der Waals surface area contributed by atoms with Gasteiger partial charge < -0.3 is 19.3 Å². The first-order valence-corrected chi connectivity index (χ1v) is 10.2. The van der Waals surface area contributed by atoms with E-state index in [0.717, 1.165) is 53.6 Å². The monoisotopic (exact) mass is 388 g/mol. The maximum absolute atomic E-state index is 8.99. The van der Waals surface area contributed by atoms with Crippen LogP contribution >= 0.6 is 11.3 Å². The Bertz CT molecular complexity index is 937. The largest absolute Gasteiger partial charge is 0.463 e. The molecule has 4 rings (SSSR count). The van der Waals surface area contributed by atoms with Crippen molar-refractivity contribution in [2.45, 2.75) is 46.2 Å². The summed E-state index contributed by atoms with van der Waals surface area (Å²) in [6.45, 7) is 7.01. The number of thiophene rings is 1. The molecule has 1 aliphatic heterocycles. The Hall–Kier alpha value is -2.26. The maximum Gasteiger partial charge on any atom is 0.319 e. The van der Waals surface area contributed by atoms with E-state index in [1.54, 1.807) is 11.3 Å². The van der Waals surface area contributed by atoms with Crippen molar-refractivity contribution in [3.05, 3.63) is 22.6 Å². The Morgan fingerprint density at radius 3 is 2.96 bits per heavy atom. The van der Waals surface area contributed by atoms with E-state index in [4.69, 9.17) is 14.8 Å². The molecule has 0 spiro atoms. The molecular formula is C18H24N6O2S. The summed E-state index contributed by atoms with van der Waals surface area (Å²) in [5.74, 6) is 2.80. The van der Waals surface area contributed by atoms with E-state index >= 15 is 0 Å². The summed E-state index contributed by atoms with van der Waals surface area (Å²) in [7, 11) is 0. The molecule has 4 heterocycles. The van der Waals surface area contributed by atoms with E-state index < -0.39 is 0 Å². The van der Waals surface area contributed by atoms with Crippen molar-refractivity contribution in [3.63, 3.8) is 0 Å². The lowest BCUT2D eigenvalue weighted by atomic mass is 10.2. The lowest BCUT2D eigenvalue weighted by Gasteiger charge is -2.29. The van der Waals surface area contributed by atoms with E-state index in [-0.39, 0.29) is 6.61 Å². The van der Waals surface area contributed by atoms with Crippen molar-refractivity contribution in [3.8, 4) is 6.01 Å². The minimum absolute atomic E-state index is 0.0931. The normalized spacial score (nSPS) is 14.0. The zero-order valence-electron chi connectivity index (χ0n) is 15.7. The molecule has 0 bridgehead atoms. The van der Waals surface area contributed by atoms with Crippen LogP contribution in [-0.4, -0.2) is 49.6 Å². The number of rotatable bonds is 7. The van der Waals surface area contributed by atoms with Gasteiger partial charge in [0.1, 0.15) is 16.5 Å². The highest BCUT2D eigenvalue weighted by Gasteiger charge is 2.24. The summed E-state index contributed by atoms with van der Waals surface area (Å²) in [4.78, 5) is 13.8. The van der Waals surface area contributed by atoms with Gasteiger partial charge in [0.05, 0.1) is 18.5 Å². The molecule has 0 atom stereocenters. The third-order valence-corrected chi connectivity index (χ3v) is 5.76. The van der Waals surface area contributed by atoms with E-state index in [0.29, 0.717) is 25.6 Å². The van der Waals surface area contributed by atoms with Crippen LogP contribution in [0.15, 0.2) is 6.07 Å². The number of hydrogen-bond acceptors (Lipinski definition) is 8. The molecule has 9 heteroatoms. The Kier molecular flexibility index (Phi) is 5.22. The number of aliphatic hydroxyl groups excluding tert-OH is 1. The van der Waals surface area contributed by atoms with Gasteiger partial charge in [-0.1, -0.05) is 13.3 Å². The smallest absolute Gasteiger partial charge is 0.319 e. The molecule has 27 heavy (non-hydrogen) atoms. The first kappa shape index (κ1) is 18.1. The minimum atomic E-state index is 0.0931. The van der Waals surface area contributed by atoms with Gasteiger partial charge in [0.2, 0.25) is 0 Å². The molecule has 0 saturated carbocycles. The van der Waals surface area contributed by atoms with E-state index in [2.05, 4.69) is 37.6 Å². The van der Waals surface area contributed by atoms with E-state index in [1.807, 2.05) is 6.92 Å². The minimum Gasteiger partial charge on any atom is -0.463 e. The van der Waals surface area contributed by atoms with Gasteiger partial charge in [0.25, 0.3) is 0 Å². The predicted octanol–water partition coefficient (Wildman–Crippen LogP) is 2.33. The van der Waals surface area contributed by atoms with Gasteiger partial charge in [0.15, 0.2) is 5.82 Å². The number of aliphatic hydroxyl groups is 1. The van der Waals surface area contributed by atoms with Crippen LogP contribution in [0.1, 0.15) is 36.3 Å². The molecule has 1 aliphatic rings. The number of aryl methyl sites for hydroxylation is 2. The first-order chi connectivity index (χ1) is 13.2. The standard InChI is InChI=1S/C18H24N6O2S/c1-3-5-13-10-14-16(19-18(20-17(14)27-13)26-9-4-8-25)23-6-7-24-12(2)21-22-15(24)11-23/h10,25H,3-9,11H2,1-2H3. The van der Waals surface area contributed by atoms with Gasteiger partial charge in [-0.3, -0.25) is 0 Å². The van der Waals surface area contributed by atoms with Gasteiger partial charge in [0, 0.05) is 31.0 Å². The predicted molar refractivity (Wildman–Crippen MR) is 104 cm³/mol. The average molecular weight is 388 g/mol. The van der Waals surface area contributed by atoms with Crippen molar-refractivity contribution in [2.24, 2.45) is 0 Å². The van der Waals surface area contributed by atoms with Crippen LogP contribution in [0.3, 0.4) is 0 Å². The van der Waals surface area contributed by atoms with Crippen LogP contribution in [-0.2, 0) is 19.5 Å². The van der Waals surface area contributed by atoms with Crippen LogP contribution < -0.4 is 9.64 Å². The van der Waals surface area contributed by atoms with Crippen LogP contribution in [0.25, 0.3) is 10.2 Å². The van der Waals surface area contributed by atoms with Crippen LogP contribution in [0.2, 0.25) is 0 Å². The molecule has 1 N–H and O–H groups in total. The second-order valence-corrected chi connectivity index (χ2v) is 7.79. The molecule has 0 fully saturated rings. The lowest BCUT2D eigenvalue weighted by molar-refractivity contribution is 0.225. The summed E-state index contributed by atoms with van der Waals surface area (Å²) in [5.41, 5.74) is 0. The molecule has 3 aromatic rings. The zero-order valence-corrected chi connectivity index (χ0v) is 16.5. The molecule has 144 valence electrons. The highest BCUT2D eigenvalue weighted by Crippen LogP contribution is 2.34. The molecule has 0 amide bonds. The lowest BCUT2D eigenvalue weighted by Crippen LogP contribution is -2.34. The van der Waals surface area contributed by atoms with Gasteiger partial charge in [-0.05, 0) is 19.4 Å². The molecule has 0 unspecified atom stereocenters. The molecular weight excluding hydrogens is 364 g/mol. The van der Waals surface area contributed by atoms with Crippen molar-refractivity contribution in [2.75, 3.05) is 24.7 Å².